The molecule has 0 aliphatic carbocycles. The van der Waals surface area contributed by atoms with Gasteiger partial charge in [-0.2, -0.15) is 0 Å². The Labute approximate surface area is 250 Å². The van der Waals surface area contributed by atoms with E-state index in [1.807, 2.05) is 6.92 Å². The summed E-state index contributed by atoms with van der Waals surface area (Å²) in [5.41, 5.74) is 0.955. The van der Waals surface area contributed by atoms with Gasteiger partial charge in [-0.25, -0.2) is 0 Å². The summed E-state index contributed by atoms with van der Waals surface area (Å²) in [4.78, 5) is 44.4. The lowest BCUT2D eigenvalue weighted by Crippen LogP contribution is -2.44. The van der Waals surface area contributed by atoms with Crippen molar-refractivity contribution in [3.05, 3.63) is 34.9 Å². The zero-order chi connectivity index (χ0) is 29.8. The fourth-order valence-corrected chi connectivity index (χ4v) is 4.80. The lowest BCUT2D eigenvalue weighted by molar-refractivity contribution is 0.0756. The highest BCUT2D eigenvalue weighted by atomic mass is 16.5. The molecule has 236 valence electrons. The van der Waals surface area contributed by atoms with Crippen LogP contribution in [-0.4, -0.2) is 152 Å². The summed E-state index contributed by atoms with van der Waals surface area (Å²) in [5, 5.41) is 23.1. The van der Waals surface area contributed by atoms with Crippen LogP contribution >= 0.6 is 0 Å². The molecule has 2 aliphatic rings. The molecular weight excluding hydrogens is 538 g/mol. The van der Waals surface area contributed by atoms with Crippen molar-refractivity contribution >= 4 is 17.7 Å². The van der Waals surface area contributed by atoms with Crippen LogP contribution in [0.25, 0.3) is 0 Å². The first-order chi connectivity index (χ1) is 20.6. The first-order valence-corrected chi connectivity index (χ1v) is 15.4. The fraction of sp³-hybridized carbons (Fsp3) is 0.690. The molecule has 0 unspecified atom stereocenters. The van der Waals surface area contributed by atoms with Crippen LogP contribution in [0.3, 0.4) is 0 Å². The Balaban J connectivity index is 1.84. The number of nitrogens with one attached hydrogen (secondary N) is 7. The van der Waals surface area contributed by atoms with Gasteiger partial charge in [-0.1, -0.05) is 0 Å². The van der Waals surface area contributed by atoms with Crippen LogP contribution in [-0.2, 0) is 4.74 Å². The first-order valence-electron chi connectivity index (χ1n) is 15.4. The maximum atomic E-state index is 13.9. The van der Waals surface area contributed by atoms with Crippen molar-refractivity contribution in [3.63, 3.8) is 0 Å². The highest BCUT2D eigenvalue weighted by Gasteiger charge is 2.23. The van der Waals surface area contributed by atoms with Crippen LogP contribution in [0.1, 0.15) is 38.0 Å². The second kappa shape index (κ2) is 20.3. The molecule has 0 radical (unpaired) electrons. The number of benzene rings is 1. The van der Waals surface area contributed by atoms with Gasteiger partial charge in [0.15, 0.2) is 0 Å². The minimum Gasteiger partial charge on any atom is -0.380 e. The maximum absolute atomic E-state index is 13.9. The zero-order valence-electron chi connectivity index (χ0n) is 25.2. The smallest absolute Gasteiger partial charge is 0.253 e. The molecule has 0 spiro atoms. The topological polar surface area (TPSA) is 151 Å². The van der Waals surface area contributed by atoms with Crippen molar-refractivity contribution in [2.45, 2.75) is 6.92 Å². The highest BCUT2D eigenvalue weighted by Crippen LogP contribution is 2.16. The number of carbonyl (C=O) groups is 3. The third kappa shape index (κ3) is 12.3. The minimum absolute atomic E-state index is 0.198. The van der Waals surface area contributed by atoms with Crippen molar-refractivity contribution in [2.75, 3.05) is 124 Å². The normalized spacial score (nSPS) is 19.0. The summed E-state index contributed by atoms with van der Waals surface area (Å²) in [7, 11) is 0. The zero-order valence-corrected chi connectivity index (χ0v) is 25.2. The number of amides is 3. The number of rotatable bonds is 7. The van der Waals surface area contributed by atoms with E-state index in [1.165, 1.54) is 0 Å². The van der Waals surface area contributed by atoms with Gasteiger partial charge in [-0.05, 0) is 25.1 Å². The standard InChI is InChI=1S/C29H51N9O4/c1-2-42-20-15-36-27(39)24-21-25(28(40)37-16-11-32-7-3-30-4-8-33-12-17-37)23-26(22-24)29(41)38-18-13-34-9-5-31-6-10-35-14-19-38/h21-23,30-35H,2-20H2,1H3,(H,36,39). The summed E-state index contributed by atoms with van der Waals surface area (Å²) in [6.45, 7) is 14.6. The van der Waals surface area contributed by atoms with Crippen LogP contribution in [0.15, 0.2) is 18.2 Å². The molecule has 3 amide bonds. The van der Waals surface area contributed by atoms with Crippen molar-refractivity contribution < 1.29 is 19.1 Å². The maximum Gasteiger partial charge on any atom is 0.253 e. The van der Waals surface area contributed by atoms with E-state index in [0.717, 1.165) is 52.4 Å². The Morgan fingerprint density at radius 3 is 1.36 bits per heavy atom. The Kier molecular flexibility index (Phi) is 16.4. The van der Waals surface area contributed by atoms with E-state index in [-0.39, 0.29) is 23.3 Å². The minimum atomic E-state index is -0.340. The molecule has 0 saturated carbocycles. The quantitative estimate of drug-likeness (QED) is 0.176. The SMILES string of the molecule is CCOCCNC(=O)c1cc(C(=O)N2CCNCCNCCNCC2)cc(C(=O)N2CCNCCNCCNCC2)c1. The van der Waals surface area contributed by atoms with Gasteiger partial charge in [-0.15, -0.1) is 0 Å². The first kappa shape index (κ1) is 33.8. The summed E-state index contributed by atoms with van der Waals surface area (Å²) < 4.78 is 5.35. The lowest BCUT2D eigenvalue weighted by Gasteiger charge is -2.26. The molecule has 2 fully saturated rings. The average molecular weight is 590 g/mol. The number of hydrogen-bond acceptors (Lipinski definition) is 10. The van der Waals surface area contributed by atoms with Crippen molar-refractivity contribution in [2.24, 2.45) is 0 Å². The van der Waals surface area contributed by atoms with Crippen LogP contribution in [0, 0.1) is 0 Å². The van der Waals surface area contributed by atoms with Crippen molar-refractivity contribution in [1.29, 1.82) is 0 Å². The molecule has 13 nitrogen and oxygen atoms in total. The number of hydrogen-bond donors (Lipinski definition) is 7. The summed E-state index contributed by atoms with van der Waals surface area (Å²) in [5.74, 6) is -0.736. The van der Waals surface area contributed by atoms with Crippen molar-refractivity contribution in [3.8, 4) is 0 Å². The largest absolute Gasteiger partial charge is 0.380 e. The molecule has 0 atom stereocenters. The van der Waals surface area contributed by atoms with E-state index >= 15 is 0 Å². The molecule has 3 rings (SSSR count). The van der Waals surface area contributed by atoms with E-state index in [0.29, 0.717) is 83.2 Å². The lowest BCUT2D eigenvalue weighted by atomic mass is 10.0. The molecule has 7 N–H and O–H groups in total. The van der Waals surface area contributed by atoms with E-state index in [9.17, 15) is 14.4 Å². The van der Waals surface area contributed by atoms with E-state index in [2.05, 4.69) is 37.2 Å². The molecule has 2 aliphatic heterocycles. The third-order valence-electron chi connectivity index (χ3n) is 7.15. The predicted octanol–water partition coefficient (Wildman–Crippen LogP) is -2.10. The summed E-state index contributed by atoms with van der Waals surface area (Å²) in [6, 6.07) is 4.84. The monoisotopic (exact) mass is 589 g/mol. The Bertz CT molecular complexity index is 881. The highest BCUT2D eigenvalue weighted by molar-refractivity contribution is 6.04. The van der Waals surface area contributed by atoms with E-state index < -0.39 is 0 Å². The number of carbonyl (C=O) groups excluding carboxylic acids is 3. The number of ether oxygens (including phenoxy) is 1. The molecule has 0 bridgehead atoms. The van der Waals surface area contributed by atoms with Gasteiger partial charge in [0.2, 0.25) is 0 Å². The molecule has 0 aromatic heterocycles. The summed E-state index contributed by atoms with van der Waals surface area (Å²) in [6.07, 6.45) is 0. The molecule has 13 heteroatoms. The summed E-state index contributed by atoms with van der Waals surface area (Å²) >= 11 is 0. The predicted molar refractivity (Wildman–Crippen MR) is 164 cm³/mol. The number of nitrogens with zero attached hydrogens (tertiary/aromatic N) is 2. The van der Waals surface area contributed by atoms with Crippen LogP contribution < -0.4 is 37.2 Å². The van der Waals surface area contributed by atoms with Crippen LogP contribution in [0.5, 0.6) is 0 Å². The molecule has 2 saturated heterocycles. The molecule has 1 aromatic carbocycles. The second-order valence-corrected chi connectivity index (χ2v) is 10.3. The van der Waals surface area contributed by atoms with E-state index in [1.54, 1.807) is 28.0 Å². The van der Waals surface area contributed by atoms with Gasteiger partial charge >= 0.3 is 0 Å². The fourth-order valence-electron chi connectivity index (χ4n) is 4.80. The molecule has 1 aromatic rings. The van der Waals surface area contributed by atoms with Gasteiger partial charge in [-0.3, -0.25) is 14.4 Å². The van der Waals surface area contributed by atoms with Gasteiger partial charge < -0.3 is 51.8 Å². The molecular formula is C29H51N9O4. The van der Waals surface area contributed by atoms with Gasteiger partial charge in [0.05, 0.1) is 6.61 Å². The van der Waals surface area contributed by atoms with Gasteiger partial charge in [0, 0.05) is 135 Å². The third-order valence-corrected chi connectivity index (χ3v) is 7.15. The van der Waals surface area contributed by atoms with Crippen LogP contribution in [0.2, 0.25) is 0 Å². The average Bonchev–Trinajstić information content (AvgIpc) is 2.99. The van der Waals surface area contributed by atoms with E-state index in [4.69, 9.17) is 4.74 Å². The Morgan fingerprint density at radius 2 is 0.976 bits per heavy atom. The Hall–Kier alpha value is -2.65. The van der Waals surface area contributed by atoms with Crippen molar-refractivity contribution in [1.82, 2.24) is 47.0 Å². The molecule has 2 heterocycles. The second-order valence-electron chi connectivity index (χ2n) is 10.3. The Morgan fingerprint density at radius 1 is 0.619 bits per heavy atom. The van der Waals surface area contributed by atoms with Gasteiger partial charge in [0.25, 0.3) is 17.7 Å². The molecule has 42 heavy (non-hydrogen) atoms. The van der Waals surface area contributed by atoms with Gasteiger partial charge in [0.1, 0.15) is 0 Å². The van der Waals surface area contributed by atoms with Crippen LogP contribution in [0.4, 0.5) is 0 Å².